The molecule has 0 atom stereocenters. The molecule has 19 heavy (non-hydrogen) atoms. The molecule has 1 heterocycles. The fraction of sp³-hybridized carbons (Fsp3) is 0.357. The van der Waals surface area contributed by atoms with E-state index in [2.05, 4.69) is 23.5 Å². The van der Waals surface area contributed by atoms with Crippen LogP contribution in [0.3, 0.4) is 0 Å². The number of ether oxygens (including phenoxy) is 1. The van der Waals surface area contributed by atoms with Crippen LogP contribution in [0.15, 0.2) is 43.2 Å². The van der Waals surface area contributed by atoms with E-state index in [-0.39, 0.29) is 5.97 Å². The minimum absolute atomic E-state index is 0.208. The molecule has 0 aliphatic rings. The Labute approximate surface area is 113 Å². The average molecular weight is 261 g/mol. The Kier molecular flexibility index (Phi) is 6.29. The molecule has 1 rings (SSSR count). The van der Waals surface area contributed by atoms with Crippen LogP contribution in [-0.2, 0) is 22.5 Å². The molecule has 0 radical (unpaired) electrons. The minimum Gasteiger partial charge on any atom is -0.466 e. The number of nitrogens with zero attached hydrogens (tertiary/aromatic N) is 3. The number of hydrogen-bond donors (Lipinski definition) is 0. The largest absolute Gasteiger partial charge is 0.466 e. The predicted molar refractivity (Wildman–Crippen MR) is 73.5 cm³/mol. The Morgan fingerprint density at radius 2 is 2.32 bits per heavy atom. The first-order valence-corrected chi connectivity index (χ1v) is 6.18. The number of rotatable bonds is 8. The van der Waals surface area contributed by atoms with Crippen molar-refractivity contribution in [2.75, 3.05) is 6.61 Å². The first-order valence-electron chi connectivity index (χ1n) is 6.18. The Morgan fingerprint density at radius 3 is 2.95 bits per heavy atom. The molecule has 0 aromatic carbocycles. The molecule has 0 unspecified atom stereocenters. The highest BCUT2D eigenvalue weighted by Crippen LogP contribution is 2.07. The maximum atomic E-state index is 11.3. The number of carbonyl (C=O) groups excluding carboxylic acids is 1. The molecule has 5 nitrogen and oxygen atoms in total. The summed E-state index contributed by atoms with van der Waals surface area (Å²) in [5, 5.41) is 7.87. The van der Waals surface area contributed by atoms with Crippen LogP contribution in [-0.4, -0.2) is 27.6 Å². The van der Waals surface area contributed by atoms with Gasteiger partial charge in [-0.2, -0.15) is 0 Å². The molecule has 1 aromatic rings. The molecule has 0 aliphatic heterocycles. The highest BCUT2D eigenvalue weighted by Gasteiger charge is 2.08. The van der Waals surface area contributed by atoms with Crippen molar-refractivity contribution >= 4 is 5.97 Å². The summed E-state index contributed by atoms with van der Waals surface area (Å²) in [7, 11) is 0. The molecule has 0 saturated carbocycles. The van der Waals surface area contributed by atoms with Gasteiger partial charge in [-0.1, -0.05) is 36.6 Å². The second-order valence-electron chi connectivity index (χ2n) is 3.87. The number of aromatic nitrogens is 3. The van der Waals surface area contributed by atoms with E-state index in [1.165, 1.54) is 0 Å². The molecule has 0 spiro atoms. The van der Waals surface area contributed by atoms with E-state index in [1.807, 2.05) is 6.08 Å². The summed E-state index contributed by atoms with van der Waals surface area (Å²) in [5.74, 6) is -0.208. The van der Waals surface area contributed by atoms with E-state index >= 15 is 0 Å². The second kappa shape index (κ2) is 8.02. The summed E-state index contributed by atoms with van der Waals surface area (Å²) in [4.78, 5) is 11.3. The van der Waals surface area contributed by atoms with E-state index in [0.29, 0.717) is 26.0 Å². The van der Waals surface area contributed by atoms with Crippen LogP contribution in [0.2, 0.25) is 0 Å². The number of esters is 1. The van der Waals surface area contributed by atoms with Gasteiger partial charge in [-0.25, -0.2) is 4.68 Å². The van der Waals surface area contributed by atoms with Crippen molar-refractivity contribution in [1.82, 2.24) is 15.0 Å². The molecular formula is C14H19N3O2. The van der Waals surface area contributed by atoms with Crippen LogP contribution in [0.25, 0.3) is 0 Å². The van der Waals surface area contributed by atoms with Crippen molar-refractivity contribution in [2.24, 2.45) is 0 Å². The quantitative estimate of drug-likeness (QED) is 0.531. The summed E-state index contributed by atoms with van der Waals surface area (Å²) in [6, 6.07) is 0. The van der Waals surface area contributed by atoms with E-state index in [1.54, 1.807) is 30.0 Å². The Hall–Kier alpha value is -2.17. The summed E-state index contributed by atoms with van der Waals surface area (Å²) < 4.78 is 6.64. The van der Waals surface area contributed by atoms with Crippen molar-refractivity contribution in [2.45, 2.75) is 26.3 Å². The zero-order chi connectivity index (χ0) is 14.1. The standard InChI is InChI=1S/C14H19N3O2/c1-4-7-12(5-2)11-17-13(10-15-16-17)8-9-14(18)19-6-3/h4-5,7,10H,1-2,6,8-9,11H2,3H3/b12-7+. The number of carbonyl (C=O) groups is 1. The molecule has 0 aliphatic carbocycles. The van der Waals surface area contributed by atoms with Gasteiger partial charge < -0.3 is 4.74 Å². The summed E-state index contributed by atoms with van der Waals surface area (Å²) in [6.07, 6.45) is 7.86. The Morgan fingerprint density at radius 1 is 1.53 bits per heavy atom. The van der Waals surface area contributed by atoms with Gasteiger partial charge in [0.2, 0.25) is 0 Å². The van der Waals surface area contributed by atoms with E-state index in [9.17, 15) is 4.79 Å². The first-order chi connectivity index (χ1) is 9.21. The summed E-state index contributed by atoms with van der Waals surface area (Å²) in [5.41, 5.74) is 1.88. The number of allylic oxidation sites excluding steroid dienone is 4. The lowest BCUT2D eigenvalue weighted by Crippen LogP contribution is -2.10. The van der Waals surface area contributed by atoms with Crippen molar-refractivity contribution < 1.29 is 9.53 Å². The van der Waals surface area contributed by atoms with Gasteiger partial charge in [0.1, 0.15) is 0 Å². The van der Waals surface area contributed by atoms with Crippen molar-refractivity contribution in [3.05, 3.63) is 48.8 Å². The zero-order valence-corrected chi connectivity index (χ0v) is 11.2. The van der Waals surface area contributed by atoms with Gasteiger partial charge in [-0.15, -0.1) is 5.10 Å². The van der Waals surface area contributed by atoms with Gasteiger partial charge in [-0.3, -0.25) is 4.79 Å². The highest BCUT2D eigenvalue weighted by atomic mass is 16.5. The van der Waals surface area contributed by atoms with Crippen LogP contribution in [0.5, 0.6) is 0 Å². The van der Waals surface area contributed by atoms with Gasteiger partial charge in [0, 0.05) is 6.42 Å². The van der Waals surface area contributed by atoms with Crippen molar-refractivity contribution in [3.8, 4) is 0 Å². The topological polar surface area (TPSA) is 57.0 Å². The monoisotopic (exact) mass is 261 g/mol. The van der Waals surface area contributed by atoms with E-state index in [4.69, 9.17) is 4.74 Å². The molecule has 0 saturated heterocycles. The third kappa shape index (κ3) is 4.91. The lowest BCUT2D eigenvalue weighted by molar-refractivity contribution is -0.143. The third-order valence-electron chi connectivity index (χ3n) is 2.51. The van der Waals surface area contributed by atoms with Crippen LogP contribution >= 0.6 is 0 Å². The molecule has 0 fully saturated rings. The SMILES string of the molecule is C=C/C=C(\C=C)Cn1nncc1CCC(=O)OCC. The zero-order valence-electron chi connectivity index (χ0n) is 11.2. The average Bonchev–Trinajstić information content (AvgIpc) is 2.83. The highest BCUT2D eigenvalue weighted by molar-refractivity contribution is 5.69. The molecule has 0 N–H and O–H groups in total. The van der Waals surface area contributed by atoms with Gasteiger partial charge in [0.05, 0.1) is 31.5 Å². The Balaban J connectivity index is 2.64. The number of hydrogen-bond acceptors (Lipinski definition) is 4. The van der Waals surface area contributed by atoms with E-state index in [0.717, 1.165) is 11.3 Å². The van der Waals surface area contributed by atoms with Gasteiger partial charge in [0.25, 0.3) is 0 Å². The molecule has 1 aromatic heterocycles. The van der Waals surface area contributed by atoms with Crippen LogP contribution in [0, 0.1) is 0 Å². The van der Waals surface area contributed by atoms with Crippen molar-refractivity contribution in [3.63, 3.8) is 0 Å². The second-order valence-corrected chi connectivity index (χ2v) is 3.87. The summed E-state index contributed by atoms with van der Waals surface area (Å²) in [6.45, 7) is 10.1. The smallest absolute Gasteiger partial charge is 0.306 e. The normalized spacial score (nSPS) is 11.1. The first kappa shape index (κ1) is 14.9. The molecule has 0 amide bonds. The fourth-order valence-corrected chi connectivity index (χ4v) is 1.58. The molecular weight excluding hydrogens is 242 g/mol. The van der Waals surface area contributed by atoms with Crippen molar-refractivity contribution in [1.29, 1.82) is 0 Å². The molecule has 0 bridgehead atoms. The maximum absolute atomic E-state index is 11.3. The van der Waals surface area contributed by atoms with Gasteiger partial charge in [-0.05, 0) is 12.5 Å². The lowest BCUT2D eigenvalue weighted by Gasteiger charge is -2.06. The molecule has 102 valence electrons. The predicted octanol–water partition coefficient (Wildman–Crippen LogP) is 2.07. The maximum Gasteiger partial charge on any atom is 0.306 e. The third-order valence-corrected chi connectivity index (χ3v) is 2.51. The van der Waals surface area contributed by atoms with Gasteiger partial charge in [0.15, 0.2) is 0 Å². The minimum atomic E-state index is -0.208. The van der Waals surface area contributed by atoms with Gasteiger partial charge >= 0.3 is 5.97 Å². The van der Waals surface area contributed by atoms with E-state index < -0.39 is 0 Å². The van der Waals surface area contributed by atoms with Crippen LogP contribution in [0.4, 0.5) is 0 Å². The van der Waals surface area contributed by atoms with Crippen LogP contribution in [0.1, 0.15) is 19.0 Å². The fourth-order valence-electron chi connectivity index (χ4n) is 1.58. The number of aryl methyl sites for hydroxylation is 1. The summed E-state index contributed by atoms with van der Waals surface area (Å²) >= 11 is 0. The lowest BCUT2D eigenvalue weighted by atomic mass is 10.2. The molecule has 5 heteroatoms. The van der Waals surface area contributed by atoms with Crippen LogP contribution < -0.4 is 0 Å². The Bertz CT molecular complexity index is 475.